The standard InChI is InChI=1S/C20H29ClN2O3.CH2O2/c1-14-16-10-15(21)4-5-17(16)22-18(14)11-23-8-6-19(25)20(12-23,13-24)7-3-9-26-2;2-1-3/h4-5,10,19,22,24-25H,3,6-9,11-13H2,1-2H3;1H,(H,2,3)/t19-,20+;/m1./s1. The lowest BCUT2D eigenvalue weighted by molar-refractivity contribution is -0.122. The zero-order chi connectivity index (χ0) is 21.4. The van der Waals surface area contributed by atoms with Crippen molar-refractivity contribution in [1.82, 2.24) is 9.88 Å². The minimum Gasteiger partial charge on any atom is -0.483 e. The molecule has 162 valence electrons. The predicted molar refractivity (Wildman–Crippen MR) is 113 cm³/mol. The molecule has 29 heavy (non-hydrogen) atoms. The Morgan fingerprint density at radius 1 is 1.45 bits per heavy atom. The summed E-state index contributed by atoms with van der Waals surface area (Å²) in [5.41, 5.74) is 3.00. The van der Waals surface area contributed by atoms with Gasteiger partial charge in [-0.3, -0.25) is 9.69 Å². The van der Waals surface area contributed by atoms with Crippen molar-refractivity contribution in [3.63, 3.8) is 0 Å². The molecule has 4 N–H and O–H groups in total. The van der Waals surface area contributed by atoms with Gasteiger partial charge in [-0.2, -0.15) is 0 Å². The van der Waals surface area contributed by atoms with Gasteiger partial charge in [0.25, 0.3) is 6.47 Å². The highest BCUT2D eigenvalue weighted by Gasteiger charge is 2.42. The minimum atomic E-state index is -0.472. The summed E-state index contributed by atoms with van der Waals surface area (Å²) >= 11 is 6.13. The van der Waals surface area contributed by atoms with Gasteiger partial charge in [-0.15, -0.1) is 0 Å². The predicted octanol–water partition coefficient (Wildman–Crippen LogP) is 2.80. The first kappa shape index (κ1) is 23.6. The largest absolute Gasteiger partial charge is 0.483 e. The molecular weight excluding hydrogens is 396 g/mol. The van der Waals surface area contributed by atoms with E-state index in [0.717, 1.165) is 41.9 Å². The number of aromatic amines is 1. The number of carboxylic acid groups (broad SMARTS) is 1. The lowest BCUT2D eigenvalue weighted by Gasteiger charge is -2.45. The third kappa shape index (κ3) is 5.71. The number of halogens is 1. The van der Waals surface area contributed by atoms with Gasteiger partial charge < -0.3 is 25.0 Å². The number of H-pyrrole nitrogens is 1. The summed E-state index contributed by atoms with van der Waals surface area (Å²) in [6.45, 7) is 4.79. The van der Waals surface area contributed by atoms with E-state index in [4.69, 9.17) is 26.2 Å². The SMILES string of the molecule is COCCC[C@@]1(CO)CN(Cc2[nH]c3ccc(Cl)cc3c2C)CC[C@H]1O.O=CO. The molecule has 3 rings (SSSR count). The number of hydrogen-bond acceptors (Lipinski definition) is 5. The fraction of sp³-hybridized carbons (Fsp3) is 0.571. The Bertz CT molecular complexity index is 797. The van der Waals surface area contributed by atoms with Gasteiger partial charge in [0.05, 0.1) is 12.7 Å². The van der Waals surface area contributed by atoms with Crippen molar-refractivity contribution in [2.75, 3.05) is 33.4 Å². The molecule has 0 bridgehead atoms. The van der Waals surface area contributed by atoms with Crippen molar-refractivity contribution in [2.45, 2.75) is 38.8 Å². The summed E-state index contributed by atoms with van der Waals surface area (Å²) in [4.78, 5) is 14.2. The van der Waals surface area contributed by atoms with Gasteiger partial charge in [0.15, 0.2) is 0 Å². The number of methoxy groups -OCH3 is 1. The number of aromatic nitrogens is 1. The molecular formula is C21H31ClN2O5. The number of ether oxygens (including phenoxy) is 1. The van der Waals surface area contributed by atoms with Crippen LogP contribution in [0.3, 0.4) is 0 Å². The van der Waals surface area contributed by atoms with Crippen LogP contribution < -0.4 is 0 Å². The average molecular weight is 427 g/mol. The van der Waals surface area contributed by atoms with E-state index in [9.17, 15) is 10.2 Å². The van der Waals surface area contributed by atoms with Gasteiger partial charge in [0.2, 0.25) is 0 Å². The summed E-state index contributed by atoms with van der Waals surface area (Å²) < 4.78 is 5.15. The van der Waals surface area contributed by atoms with Crippen molar-refractivity contribution >= 4 is 29.0 Å². The molecule has 1 aliphatic rings. The van der Waals surface area contributed by atoms with Crippen LogP contribution in [0.2, 0.25) is 5.02 Å². The molecule has 0 spiro atoms. The fourth-order valence-corrected chi connectivity index (χ4v) is 4.33. The Balaban J connectivity index is 0.000000941. The van der Waals surface area contributed by atoms with Crippen molar-refractivity contribution < 1.29 is 24.9 Å². The normalized spacial score (nSPS) is 22.3. The molecule has 2 atom stereocenters. The molecule has 2 aromatic rings. The lowest BCUT2D eigenvalue weighted by Crippen LogP contribution is -2.53. The number of hydrogen-bond donors (Lipinski definition) is 4. The molecule has 2 heterocycles. The number of nitrogens with one attached hydrogen (secondary N) is 1. The number of aliphatic hydroxyl groups is 2. The summed E-state index contributed by atoms with van der Waals surface area (Å²) in [5.74, 6) is 0. The summed E-state index contributed by atoms with van der Waals surface area (Å²) in [6.07, 6.45) is 1.81. The number of likely N-dealkylation sites (tertiary alicyclic amines) is 1. The Morgan fingerprint density at radius 2 is 2.17 bits per heavy atom. The van der Waals surface area contributed by atoms with E-state index < -0.39 is 11.5 Å². The van der Waals surface area contributed by atoms with Crippen molar-refractivity contribution in [3.05, 3.63) is 34.5 Å². The second-order valence-corrected chi connectivity index (χ2v) is 8.09. The number of nitrogens with zero attached hydrogens (tertiary/aromatic N) is 1. The van der Waals surface area contributed by atoms with Crippen molar-refractivity contribution in [1.29, 1.82) is 0 Å². The van der Waals surface area contributed by atoms with Crippen LogP contribution in [0.15, 0.2) is 18.2 Å². The Hall–Kier alpha value is -1.64. The van der Waals surface area contributed by atoms with Crippen LogP contribution in [0, 0.1) is 12.3 Å². The van der Waals surface area contributed by atoms with E-state index in [2.05, 4.69) is 16.8 Å². The number of aliphatic hydroxyl groups excluding tert-OH is 2. The van der Waals surface area contributed by atoms with Gasteiger partial charge in [-0.1, -0.05) is 11.6 Å². The zero-order valence-electron chi connectivity index (χ0n) is 17.0. The first-order chi connectivity index (χ1) is 13.9. The monoisotopic (exact) mass is 426 g/mol. The molecule has 0 saturated carbocycles. The molecule has 1 fully saturated rings. The number of fused-ring (bicyclic) bond motifs is 1. The molecule has 0 amide bonds. The first-order valence-electron chi connectivity index (χ1n) is 9.75. The van der Waals surface area contributed by atoms with Crippen LogP contribution in [-0.2, 0) is 16.1 Å². The number of aryl methyl sites for hydroxylation is 1. The maximum absolute atomic E-state index is 10.6. The van der Waals surface area contributed by atoms with Gasteiger partial charge in [-0.05, 0) is 49.9 Å². The third-order valence-corrected chi connectivity index (χ3v) is 6.04. The molecule has 1 aliphatic heterocycles. The Labute approximate surface area is 176 Å². The lowest BCUT2D eigenvalue weighted by atomic mass is 9.74. The van der Waals surface area contributed by atoms with E-state index in [-0.39, 0.29) is 13.1 Å². The van der Waals surface area contributed by atoms with Gasteiger partial charge in [0, 0.05) is 60.4 Å². The summed E-state index contributed by atoms with van der Waals surface area (Å²) in [7, 11) is 1.68. The topological polar surface area (TPSA) is 106 Å². The molecule has 1 aromatic carbocycles. The smallest absolute Gasteiger partial charge is 0.290 e. The van der Waals surface area contributed by atoms with Gasteiger partial charge >= 0.3 is 0 Å². The van der Waals surface area contributed by atoms with Crippen molar-refractivity contribution in [3.8, 4) is 0 Å². The molecule has 1 saturated heterocycles. The highest BCUT2D eigenvalue weighted by atomic mass is 35.5. The molecule has 8 heteroatoms. The fourth-order valence-electron chi connectivity index (χ4n) is 4.16. The molecule has 1 aromatic heterocycles. The quantitative estimate of drug-likeness (QED) is 0.400. The van der Waals surface area contributed by atoms with E-state index in [1.54, 1.807) is 7.11 Å². The minimum absolute atomic E-state index is 0.00429. The van der Waals surface area contributed by atoms with E-state index in [1.165, 1.54) is 11.3 Å². The second-order valence-electron chi connectivity index (χ2n) is 7.66. The first-order valence-corrected chi connectivity index (χ1v) is 10.1. The van der Waals surface area contributed by atoms with Crippen LogP contribution in [0.4, 0.5) is 0 Å². The maximum atomic E-state index is 10.6. The Kier molecular flexibility index (Phi) is 8.92. The van der Waals surface area contributed by atoms with Crippen LogP contribution >= 0.6 is 11.6 Å². The number of piperidine rings is 1. The van der Waals surface area contributed by atoms with E-state index in [0.29, 0.717) is 19.6 Å². The second kappa shape index (κ2) is 10.9. The average Bonchev–Trinajstić information content (AvgIpc) is 3.00. The zero-order valence-corrected chi connectivity index (χ0v) is 17.8. The summed E-state index contributed by atoms with van der Waals surface area (Å²) in [5, 5.41) is 29.4. The summed E-state index contributed by atoms with van der Waals surface area (Å²) in [6, 6.07) is 5.90. The number of carbonyl (C=O) groups is 1. The number of benzene rings is 1. The van der Waals surface area contributed by atoms with Gasteiger partial charge in [-0.25, -0.2) is 0 Å². The molecule has 0 aliphatic carbocycles. The van der Waals surface area contributed by atoms with Crippen LogP contribution in [0.1, 0.15) is 30.5 Å². The van der Waals surface area contributed by atoms with Crippen LogP contribution in [0.5, 0.6) is 0 Å². The van der Waals surface area contributed by atoms with Crippen LogP contribution in [0.25, 0.3) is 10.9 Å². The number of rotatable bonds is 7. The molecule has 7 nitrogen and oxygen atoms in total. The van der Waals surface area contributed by atoms with E-state index >= 15 is 0 Å². The van der Waals surface area contributed by atoms with Crippen LogP contribution in [-0.4, -0.2) is 71.2 Å². The highest BCUT2D eigenvalue weighted by molar-refractivity contribution is 6.31. The van der Waals surface area contributed by atoms with Crippen molar-refractivity contribution in [2.24, 2.45) is 5.41 Å². The molecule has 0 unspecified atom stereocenters. The maximum Gasteiger partial charge on any atom is 0.290 e. The molecule has 0 radical (unpaired) electrons. The Morgan fingerprint density at radius 3 is 2.83 bits per heavy atom. The highest BCUT2D eigenvalue weighted by Crippen LogP contribution is 2.36. The van der Waals surface area contributed by atoms with Gasteiger partial charge in [0.1, 0.15) is 0 Å². The third-order valence-electron chi connectivity index (χ3n) is 5.81. The van der Waals surface area contributed by atoms with E-state index in [1.807, 2.05) is 18.2 Å².